The number of phenols is 1. The van der Waals surface area contributed by atoms with Crippen LogP contribution in [0.2, 0.25) is 0 Å². The van der Waals surface area contributed by atoms with E-state index in [0.29, 0.717) is 6.42 Å². The van der Waals surface area contributed by atoms with E-state index in [-0.39, 0.29) is 6.61 Å². The van der Waals surface area contributed by atoms with Crippen LogP contribution in [-0.4, -0.2) is 11.7 Å². The van der Waals surface area contributed by atoms with Crippen LogP contribution in [0.25, 0.3) is 0 Å². The number of ether oxygens (including phenoxy) is 1. The fourth-order valence-corrected chi connectivity index (χ4v) is 0.859. The SMILES string of the molecule is CCCOc1c(F)ccc(O)c1F. The van der Waals surface area contributed by atoms with Crippen molar-refractivity contribution in [2.75, 3.05) is 6.61 Å². The predicted octanol–water partition coefficient (Wildman–Crippen LogP) is 2.46. The lowest BCUT2D eigenvalue weighted by molar-refractivity contribution is 0.278. The number of hydrogen-bond acceptors (Lipinski definition) is 2. The first-order chi connectivity index (χ1) is 6.16. The normalized spacial score (nSPS) is 10.1. The van der Waals surface area contributed by atoms with Crippen LogP contribution in [-0.2, 0) is 0 Å². The van der Waals surface area contributed by atoms with Crippen LogP contribution < -0.4 is 4.74 Å². The maximum absolute atomic E-state index is 13.0. The molecule has 1 rings (SSSR count). The molecule has 1 N–H and O–H groups in total. The van der Waals surface area contributed by atoms with Crippen LogP contribution in [0, 0.1) is 11.6 Å². The van der Waals surface area contributed by atoms with Crippen molar-refractivity contribution in [3.05, 3.63) is 23.8 Å². The average molecular weight is 188 g/mol. The van der Waals surface area contributed by atoms with Gasteiger partial charge in [-0.1, -0.05) is 6.92 Å². The van der Waals surface area contributed by atoms with Gasteiger partial charge in [-0.25, -0.2) is 4.39 Å². The zero-order valence-corrected chi connectivity index (χ0v) is 7.18. The number of phenolic OH excluding ortho intramolecular Hbond substituents is 1. The quantitative estimate of drug-likeness (QED) is 0.789. The molecule has 4 heteroatoms. The lowest BCUT2D eigenvalue weighted by Gasteiger charge is -2.07. The largest absolute Gasteiger partial charge is 0.505 e. The van der Waals surface area contributed by atoms with Crippen LogP contribution in [0.4, 0.5) is 8.78 Å². The molecule has 0 aliphatic heterocycles. The Labute approximate surface area is 74.8 Å². The predicted molar refractivity (Wildman–Crippen MR) is 43.8 cm³/mol. The van der Waals surface area contributed by atoms with Crippen molar-refractivity contribution in [1.82, 2.24) is 0 Å². The fraction of sp³-hybridized carbons (Fsp3) is 0.333. The highest BCUT2D eigenvalue weighted by Crippen LogP contribution is 2.28. The zero-order valence-electron chi connectivity index (χ0n) is 7.18. The summed E-state index contributed by atoms with van der Waals surface area (Å²) in [6.45, 7) is 2.04. The number of aromatic hydroxyl groups is 1. The lowest BCUT2D eigenvalue weighted by atomic mass is 10.3. The number of rotatable bonds is 3. The smallest absolute Gasteiger partial charge is 0.209 e. The third kappa shape index (κ3) is 2.08. The molecule has 0 fully saturated rings. The second-order valence-corrected chi connectivity index (χ2v) is 2.56. The molecule has 72 valence electrons. The van der Waals surface area contributed by atoms with E-state index in [1.807, 2.05) is 6.92 Å². The molecule has 1 aromatic rings. The van der Waals surface area contributed by atoms with Crippen molar-refractivity contribution in [3.63, 3.8) is 0 Å². The minimum atomic E-state index is -1.05. The summed E-state index contributed by atoms with van der Waals surface area (Å²) in [6, 6.07) is 1.91. The summed E-state index contributed by atoms with van der Waals surface area (Å²) in [5.74, 6) is -2.97. The third-order valence-electron chi connectivity index (χ3n) is 1.48. The first-order valence-electron chi connectivity index (χ1n) is 3.96. The molecule has 13 heavy (non-hydrogen) atoms. The van der Waals surface area contributed by atoms with Gasteiger partial charge >= 0.3 is 0 Å². The molecule has 0 saturated carbocycles. The summed E-state index contributed by atoms with van der Waals surface area (Å²) < 4.78 is 30.6. The van der Waals surface area contributed by atoms with Gasteiger partial charge in [-0.15, -0.1) is 0 Å². The van der Waals surface area contributed by atoms with Crippen LogP contribution in [0.3, 0.4) is 0 Å². The fourth-order valence-electron chi connectivity index (χ4n) is 0.859. The Morgan fingerprint density at radius 1 is 1.38 bits per heavy atom. The molecule has 1 aromatic carbocycles. The molecule has 2 nitrogen and oxygen atoms in total. The van der Waals surface area contributed by atoms with Gasteiger partial charge in [-0.2, -0.15) is 4.39 Å². The second-order valence-electron chi connectivity index (χ2n) is 2.56. The molecule has 0 radical (unpaired) electrons. The minimum Gasteiger partial charge on any atom is -0.505 e. The molecule has 0 aliphatic carbocycles. The molecular weight excluding hydrogens is 178 g/mol. The van der Waals surface area contributed by atoms with Crippen molar-refractivity contribution in [3.8, 4) is 11.5 Å². The van der Waals surface area contributed by atoms with Gasteiger partial charge in [0.1, 0.15) is 0 Å². The van der Waals surface area contributed by atoms with E-state index < -0.39 is 23.1 Å². The average Bonchev–Trinajstić information content (AvgIpc) is 2.12. The standard InChI is InChI=1S/C9H10F2O2/c1-2-5-13-9-6(10)3-4-7(12)8(9)11/h3-4,12H,2,5H2,1H3. The van der Waals surface area contributed by atoms with E-state index in [4.69, 9.17) is 9.84 Å². The molecule has 0 spiro atoms. The number of hydrogen-bond donors (Lipinski definition) is 1. The first-order valence-corrected chi connectivity index (χ1v) is 3.96. The summed E-state index contributed by atoms with van der Waals surface area (Å²) in [5, 5.41) is 8.90. The monoisotopic (exact) mass is 188 g/mol. The van der Waals surface area contributed by atoms with Crippen LogP contribution in [0.5, 0.6) is 11.5 Å². The molecule has 0 aliphatic rings. The minimum absolute atomic E-state index is 0.220. The number of halogens is 2. The molecule has 0 saturated heterocycles. The highest BCUT2D eigenvalue weighted by atomic mass is 19.1. The van der Waals surface area contributed by atoms with E-state index in [9.17, 15) is 8.78 Å². The van der Waals surface area contributed by atoms with E-state index >= 15 is 0 Å². The Bertz CT molecular complexity index is 300. The van der Waals surface area contributed by atoms with Crippen LogP contribution in [0.15, 0.2) is 12.1 Å². The lowest BCUT2D eigenvalue weighted by Crippen LogP contribution is -2.00. The summed E-state index contributed by atoms with van der Waals surface area (Å²) in [6.07, 6.45) is 0.647. The van der Waals surface area contributed by atoms with Crippen LogP contribution in [0.1, 0.15) is 13.3 Å². The van der Waals surface area contributed by atoms with Gasteiger partial charge in [0.25, 0.3) is 0 Å². The summed E-state index contributed by atoms with van der Waals surface area (Å²) >= 11 is 0. The second kappa shape index (κ2) is 4.07. The van der Waals surface area contributed by atoms with Crippen molar-refractivity contribution in [1.29, 1.82) is 0 Å². The third-order valence-corrected chi connectivity index (χ3v) is 1.48. The van der Waals surface area contributed by atoms with Gasteiger partial charge < -0.3 is 9.84 Å². The highest BCUT2D eigenvalue weighted by molar-refractivity contribution is 5.35. The van der Waals surface area contributed by atoms with E-state index in [2.05, 4.69) is 0 Å². The maximum atomic E-state index is 13.0. The summed E-state index contributed by atoms with van der Waals surface area (Å²) in [4.78, 5) is 0. The molecular formula is C9H10F2O2. The van der Waals surface area contributed by atoms with E-state index in [1.54, 1.807) is 0 Å². The maximum Gasteiger partial charge on any atom is 0.209 e. The molecule has 0 heterocycles. The van der Waals surface area contributed by atoms with E-state index in [1.165, 1.54) is 0 Å². The highest BCUT2D eigenvalue weighted by Gasteiger charge is 2.13. The van der Waals surface area contributed by atoms with Gasteiger partial charge in [0.15, 0.2) is 17.3 Å². The van der Waals surface area contributed by atoms with Gasteiger partial charge in [-0.3, -0.25) is 0 Å². The van der Waals surface area contributed by atoms with Crippen LogP contribution >= 0.6 is 0 Å². The van der Waals surface area contributed by atoms with Crippen molar-refractivity contribution in [2.45, 2.75) is 13.3 Å². The zero-order chi connectivity index (χ0) is 9.84. The van der Waals surface area contributed by atoms with Crippen molar-refractivity contribution < 1.29 is 18.6 Å². The summed E-state index contributed by atoms with van der Waals surface area (Å²) in [7, 11) is 0. The Balaban J connectivity index is 2.96. The number of benzene rings is 1. The van der Waals surface area contributed by atoms with Gasteiger partial charge in [0, 0.05) is 0 Å². The van der Waals surface area contributed by atoms with Gasteiger partial charge in [0.05, 0.1) is 6.61 Å². The molecule has 0 atom stereocenters. The molecule has 0 aromatic heterocycles. The Morgan fingerprint density at radius 2 is 2.08 bits per heavy atom. The van der Waals surface area contributed by atoms with Gasteiger partial charge in [-0.05, 0) is 18.6 Å². The van der Waals surface area contributed by atoms with Crippen molar-refractivity contribution in [2.24, 2.45) is 0 Å². The van der Waals surface area contributed by atoms with Crippen molar-refractivity contribution >= 4 is 0 Å². The Hall–Kier alpha value is -1.32. The molecule has 0 unspecified atom stereocenters. The molecule has 0 amide bonds. The topological polar surface area (TPSA) is 29.5 Å². The van der Waals surface area contributed by atoms with Gasteiger partial charge in [0.2, 0.25) is 5.82 Å². The first kappa shape index (κ1) is 9.77. The molecule has 0 bridgehead atoms. The Morgan fingerprint density at radius 3 is 2.69 bits per heavy atom. The summed E-state index contributed by atoms with van der Waals surface area (Å²) in [5.41, 5.74) is 0. The Kier molecular flexibility index (Phi) is 3.06. The van der Waals surface area contributed by atoms with E-state index in [0.717, 1.165) is 12.1 Å².